The quantitative estimate of drug-likeness (QED) is 0.514. The van der Waals surface area contributed by atoms with Crippen LogP contribution in [0.25, 0.3) is 0 Å². The predicted octanol–water partition coefficient (Wildman–Crippen LogP) is -0.819. The van der Waals surface area contributed by atoms with Crippen LogP contribution in [-0.2, 0) is 0 Å². The Labute approximate surface area is 56.0 Å². The molecule has 0 aliphatic rings. The normalized spacial score (nSPS) is 10.0. The number of nitrogens with zero attached hydrogens (tertiary/aromatic N) is 6. The molecule has 6 heteroatoms. The van der Waals surface area contributed by atoms with Crippen LogP contribution in [0.1, 0.15) is 0 Å². The molecule has 0 N–H and O–H groups in total. The summed E-state index contributed by atoms with van der Waals surface area (Å²) >= 11 is 0. The van der Waals surface area contributed by atoms with Gasteiger partial charge in [-0.2, -0.15) is 0 Å². The lowest BCUT2D eigenvalue weighted by Gasteiger charge is -1.93. The molecule has 0 unspecified atom stereocenters. The summed E-state index contributed by atoms with van der Waals surface area (Å²) in [7, 11) is 0. The summed E-state index contributed by atoms with van der Waals surface area (Å²) in [5.41, 5.74) is 0. The molecular weight excluding hydrogens is 132 g/mol. The van der Waals surface area contributed by atoms with Crippen LogP contribution in [0.3, 0.4) is 0 Å². The van der Waals surface area contributed by atoms with E-state index in [1.54, 1.807) is 24.8 Å². The van der Waals surface area contributed by atoms with Crippen LogP contribution in [-0.4, -0.2) is 30.2 Å². The second kappa shape index (κ2) is 1.90. The molecule has 2 aromatic heterocycles. The van der Waals surface area contributed by atoms with E-state index >= 15 is 0 Å². The largest absolute Gasteiger partial charge is 0.137 e. The SMILES string of the molecule is c1cn(-n2ccnn2)nn1. The van der Waals surface area contributed by atoms with E-state index in [-0.39, 0.29) is 0 Å². The number of aromatic nitrogens is 6. The van der Waals surface area contributed by atoms with Crippen LogP contribution >= 0.6 is 0 Å². The van der Waals surface area contributed by atoms with Gasteiger partial charge in [0.15, 0.2) is 0 Å². The first-order chi connectivity index (χ1) is 4.97. The van der Waals surface area contributed by atoms with Crippen LogP contribution in [0.15, 0.2) is 24.8 Å². The summed E-state index contributed by atoms with van der Waals surface area (Å²) in [6.07, 6.45) is 6.49. The summed E-state index contributed by atoms with van der Waals surface area (Å²) in [6.45, 7) is 0. The van der Waals surface area contributed by atoms with E-state index in [1.165, 1.54) is 9.58 Å². The third-order valence-corrected chi connectivity index (χ3v) is 1.03. The fourth-order valence-electron chi connectivity index (χ4n) is 0.623. The Balaban J connectivity index is 2.48. The molecule has 0 amide bonds. The topological polar surface area (TPSA) is 61.4 Å². The zero-order chi connectivity index (χ0) is 6.81. The fourth-order valence-corrected chi connectivity index (χ4v) is 0.623. The Bertz CT molecular complexity index is 249. The van der Waals surface area contributed by atoms with Crippen LogP contribution in [0, 0.1) is 0 Å². The fraction of sp³-hybridized carbons (Fsp3) is 0. The van der Waals surface area contributed by atoms with E-state index < -0.39 is 0 Å². The maximum atomic E-state index is 3.69. The highest BCUT2D eigenvalue weighted by Crippen LogP contribution is 1.80. The van der Waals surface area contributed by atoms with Gasteiger partial charge in [-0.15, -0.1) is 19.8 Å². The summed E-state index contributed by atoms with van der Waals surface area (Å²) in [4.78, 5) is 2.93. The molecule has 2 aromatic rings. The van der Waals surface area contributed by atoms with Crippen molar-refractivity contribution in [2.24, 2.45) is 0 Å². The minimum atomic E-state index is 1.47. The maximum absolute atomic E-state index is 3.69. The van der Waals surface area contributed by atoms with Crippen LogP contribution in [0.4, 0.5) is 0 Å². The molecule has 0 aliphatic carbocycles. The molecule has 0 atom stereocenters. The van der Waals surface area contributed by atoms with E-state index in [0.717, 1.165) is 0 Å². The van der Waals surface area contributed by atoms with Crippen molar-refractivity contribution in [1.82, 2.24) is 30.2 Å². The minimum absolute atomic E-state index is 1.47. The highest BCUT2D eigenvalue weighted by atomic mass is 15.7. The molecule has 0 aromatic carbocycles. The van der Waals surface area contributed by atoms with E-state index in [0.29, 0.717) is 0 Å². The first-order valence-corrected chi connectivity index (χ1v) is 2.70. The molecule has 0 bridgehead atoms. The Morgan fingerprint density at radius 1 is 0.800 bits per heavy atom. The van der Waals surface area contributed by atoms with Crippen molar-refractivity contribution in [3.8, 4) is 0 Å². The smallest absolute Gasteiger partial charge is 0.0716 e. The highest BCUT2D eigenvalue weighted by Gasteiger charge is 1.91. The average Bonchev–Trinajstić information content (AvgIpc) is 2.59. The highest BCUT2D eigenvalue weighted by molar-refractivity contribution is 4.69. The lowest BCUT2D eigenvalue weighted by molar-refractivity contribution is 0.475. The molecule has 50 valence electrons. The standard InChI is InChI=1S/C4H4N6/c1-3-9(7-5-1)10-4-2-6-8-10/h1-4H. The van der Waals surface area contributed by atoms with Gasteiger partial charge in [-0.05, 0) is 10.4 Å². The van der Waals surface area contributed by atoms with E-state index in [4.69, 9.17) is 0 Å². The van der Waals surface area contributed by atoms with Gasteiger partial charge in [0.1, 0.15) is 0 Å². The van der Waals surface area contributed by atoms with E-state index in [9.17, 15) is 0 Å². The van der Waals surface area contributed by atoms with Crippen LogP contribution < -0.4 is 0 Å². The molecule has 6 nitrogen and oxygen atoms in total. The number of rotatable bonds is 1. The van der Waals surface area contributed by atoms with Gasteiger partial charge in [0.05, 0.1) is 24.8 Å². The molecule has 0 saturated carbocycles. The van der Waals surface area contributed by atoms with Gasteiger partial charge in [0, 0.05) is 0 Å². The van der Waals surface area contributed by atoms with Crippen molar-refractivity contribution in [3.05, 3.63) is 24.8 Å². The lowest BCUT2D eigenvalue weighted by Crippen LogP contribution is -2.10. The minimum Gasteiger partial charge on any atom is -0.137 e. The van der Waals surface area contributed by atoms with Crippen molar-refractivity contribution >= 4 is 0 Å². The van der Waals surface area contributed by atoms with E-state index in [2.05, 4.69) is 20.6 Å². The first-order valence-electron chi connectivity index (χ1n) is 2.70. The van der Waals surface area contributed by atoms with Crippen molar-refractivity contribution in [3.63, 3.8) is 0 Å². The summed E-state index contributed by atoms with van der Waals surface area (Å²) in [5, 5.41) is 14.6. The molecule has 0 saturated heterocycles. The molecule has 10 heavy (non-hydrogen) atoms. The first kappa shape index (κ1) is 5.10. The molecule has 2 rings (SSSR count). The van der Waals surface area contributed by atoms with Gasteiger partial charge >= 0.3 is 0 Å². The van der Waals surface area contributed by atoms with Gasteiger partial charge < -0.3 is 0 Å². The van der Waals surface area contributed by atoms with Crippen molar-refractivity contribution < 1.29 is 0 Å². The van der Waals surface area contributed by atoms with E-state index in [1.807, 2.05) is 0 Å². The zero-order valence-corrected chi connectivity index (χ0v) is 4.99. The van der Waals surface area contributed by atoms with Crippen molar-refractivity contribution in [2.45, 2.75) is 0 Å². The Hall–Kier alpha value is -1.72. The molecule has 0 aliphatic heterocycles. The molecular formula is C4H4N6. The van der Waals surface area contributed by atoms with Gasteiger partial charge in [-0.3, -0.25) is 0 Å². The van der Waals surface area contributed by atoms with Gasteiger partial charge in [0.2, 0.25) is 0 Å². The van der Waals surface area contributed by atoms with Crippen LogP contribution in [0.2, 0.25) is 0 Å². The Morgan fingerprint density at radius 2 is 1.30 bits per heavy atom. The average molecular weight is 136 g/mol. The second-order valence-electron chi connectivity index (χ2n) is 1.65. The summed E-state index contributed by atoms with van der Waals surface area (Å²) < 4.78 is 0. The Morgan fingerprint density at radius 3 is 1.60 bits per heavy atom. The summed E-state index contributed by atoms with van der Waals surface area (Å²) in [6, 6.07) is 0. The Kier molecular flexibility index (Phi) is 0.970. The lowest BCUT2D eigenvalue weighted by atomic mass is 10.9. The predicted molar refractivity (Wildman–Crippen MR) is 30.8 cm³/mol. The number of hydrogen-bond donors (Lipinski definition) is 0. The summed E-state index contributed by atoms with van der Waals surface area (Å²) in [5.74, 6) is 0. The monoisotopic (exact) mass is 136 g/mol. The number of hydrogen-bond acceptors (Lipinski definition) is 4. The zero-order valence-electron chi connectivity index (χ0n) is 4.99. The maximum Gasteiger partial charge on any atom is 0.0716 e. The van der Waals surface area contributed by atoms with Gasteiger partial charge in [0.25, 0.3) is 0 Å². The van der Waals surface area contributed by atoms with Crippen LogP contribution in [0.5, 0.6) is 0 Å². The van der Waals surface area contributed by atoms with Gasteiger partial charge in [-0.25, -0.2) is 0 Å². The van der Waals surface area contributed by atoms with Crippen molar-refractivity contribution in [1.29, 1.82) is 0 Å². The molecule has 0 radical (unpaired) electrons. The molecule has 2 heterocycles. The van der Waals surface area contributed by atoms with Gasteiger partial charge in [-0.1, -0.05) is 0 Å². The third kappa shape index (κ3) is 0.661. The third-order valence-electron chi connectivity index (χ3n) is 1.03. The molecule has 0 fully saturated rings. The van der Waals surface area contributed by atoms with Crippen molar-refractivity contribution in [2.75, 3.05) is 0 Å². The molecule has 0 spiro atoms. The second-order valence-corrected chi connectivity index (χ2v) is 1.65.